The van der Waals surface area contributed by atoms with Gasteiger partial charge in [0.05, 0.1) is 10.4 Å². The molecule has 2 saturated heterocycles. The Morgan fingerprint density at radius 1 is 1.14 bits per heavy atom. The summed E-state index contributed by atoms with van der Waals surface area (Å²) < 4.78 is 33.5. The quantitative estimate of drug-likeness (QED) is 0.770. The van der Waals surface area contributed by atoms with Crippen LogP contribution in [0.1, 0.15) is 39.0 Å². The van der Waals surface area contributed by atoms with Crippen molar-refractivity contribution >= 4 is 27.0 Å². The van der Waals surface area contributed by atoms with Crippen molar-refractivity contribution in [3.63, 3.8) is 0 Å². The first-order chi connectivity index (χ1) is 13.4. The summed E-state index contributed by atoms with van der Waals surface area (Å²) in [5.41, 5.74) is 0.619. The van der Waals surface area contributed by atoms with Gasteiger partial charge in [-0.1, -0.05) is 0 Å². The highest BCUT2D eigenvalue weighted by Crippen LogP contribution is 2.24. The number of benzene rings is 1. The predicted octanol–water partition coefficient (Wildman–Crippen LogP) is 1.78. The van der Waals surface area contributed by atoms with Crippen LogP contribution < -0.4 is 5.76 Å². The van der Waals surface area contributed by atoms with Gasteiger partial charge in [-0.2, -0.15) is 4.31 Å². The SMILES string of the molecule is C[C@@H]1CCCCN1C(=O)Cn1c(=O)oc2cc(S(=O)(=O)N3CCCC3)ccc21. The molecule has 0 saturated carbocycles. The number of likely N-dealkylation sites (tertiary alicyclic amines) is 1. The second kappa shape index (κ2) is 7.36. The highest BCUT2D eigenvalue weighted by atomic mass is 32.2. The van der Waals surface area contributed by atoms with Gasteiger partial charge in [0.1, 0.15) is 6.54 Å². The third kappa shape index (κ3) is 3.37. The molecule has 0 unspecified atom stereocenters. The number of sulfonamides is 1. The van der Waals surface area contributed by atoms with Gasteiger partial charge in [-0.05, 0) is 51.2 Å². The van der Waals surface area contributed by atoms with Crippen LogP contribution in [0.4, 0.5) is 0 Å². The maximum Gasteiger partial charge on any atom is 0.420 e. The number of oxazole rings is 1. The summed E-state index contributed by atoms with van der Waals surface area (Å²) in [6.07, 6.45) is 4.74. The molecule has 2 aliphatic rings. The average molecular weight is 407 g/mol. The number of fused-ring (bicyclic) bond motifs is 1. The van der Waals surface area contributed by atoms with Crippen LogP contribution in [0.15, 0.2) is 32.3 Å². The van der Waals surface area contributed by atoms with Crippen LogP contribution in [0.3, 0.4) is 0 Å². The van der Waals surface area contributed by atoms with E-state index >= 15 is 0 Å². The molecule has 9 heteroatoms. The van der Waals surface area contributed by atoms with Crippen LogP contribution in [-0.4, -0.2) is 53.8 Å². The van der Waals surface area contributed by atoms with Crippen molar-refractivity contribution in [3.05, 3.63) is 28.7 Å². The molecule has 1 aromatic heterocycles. The molecule has 0 N–H and O–H groups in total. The average Bonchev–Trinajstić information content (AvgIpc) is 3.31. The maximum absolute atomic E-state index is 12.7. The van der Waals surface area contributed by atoms with Gasteiger partial charge in [-0.15, -0.1) is 0 Å². The minimum Gasteiger partial charge on any atom is -0.408 e. The lowest BCUT2D eigenvalue weighted by molar-refractivity contribution is -0.135. The van der Waals surface area contributed by atoms with Gasteiger partial charge in [-0.3, -0.25) is 9.36 Å². The molecule has 2 aromatic rings. The van der Waals surface area contributed by atoms with Gasteiger partial charge >= 0.3 is 5.76 Å². The molecule has 2 fully saturated rings. The number of carbonyl (C=O) groups is 1. The van der Waals surface area contributed by atoms with Crippen LogP contribution in [0.2, 0.25) is 0 Å². The number of hydrogen-bond donors (Lipinski definition) is 0. The molecule has 1 atom stereocenters. The van der Waals surface area contributed by atoms with Crippen molar-refractivity contribution in [2.75, 3.05) is 19.6 Å². The number of nitrogens with zero attached hydrogens (tertiary/aromatic N) is 3. The van der Waals surface area contributed by atoms with Gasteiger partial charge in [0.2, 0.25) is 15.9 Å². The predicted molar refractivity (Wildman–Crippen MR) is 103 cm³/mol. The van der Waals surface area contributed by atoms with Gasteiger partial charge in [0.25, 0.3) is 0 Å². The zero-order chi connectivity index (χ0) is 19.9. The Balaban J connectivity index is 1.63. The standard InChI is InChI=1S/C19H25N3O5S/c1-14-6-2-3-11-21(14)18(23)13-22-16-8-7-15(12-17(16)27-19(22)24)28(25,26)20-9-4-5-10-20/h7-8,12,14H,2-6,9-11,13H2,1H3/t14-/m1/s1. The molecule has 2 aliphatic heterocycles. The van der Waals surface area contributed by atoms with E-state index in [1.165, 1.54) is 21.0 Å². The van der Waals surface area contributed by atoms with Crippen molar-refractivity contribution in [1.82, 2.24) is 13.8 Å². The highest BCUT2D eigenvalue weighted by molar-refractivity contribution is 7.89. The van der Waals surface area contributed by atoms with Gasteiger partial charge in [0, 0.05) is 31.7 Å². The molecule has 0 radical (unpaired) electrons. The first-order valence-electron chi connectivity index (χ1n) is 9.81. The van der Waals surface area contributed by atoms with E-state index in [1.807, 2.05) is 6.92 Å². The first kappa shape index (κ1) is 19.2. The van der Waals surface area contributed by atoms with E-state index in [0.717, 1.165) is 32.1 Å². The zero-order valence-corrected chi connectivity index (χ0v) is 16.8. The van der Waals surface area contributed by atoms with E-state index < -0.39 is 15.8 Å². The van der Waals surface area contributed by atoms with Crippen molar-refractivity contribution in [2.24, 2.45) is 0 Å². The van der Waals surface area contributed by atoms with Crippen molar-refractivity contribution in [1.29, 1.82) is 0 Å². The maximum atomic E-state index is 12.7. The number of carbonyl (C=O) groups excluding carboxylic acids is 1. The lowest BCUT2D eigenvalue weighted by atomic mass is 10.0. The largest absolute Gasteiger partial charge is 0.420 e. The molecule has 4 rings (SSSR count). The summed E-state index contributed by atoms with van der Waals surface area (Å²) in [7, 11) is -3.59. The lowest BCUT2D eigenvalue weighted by Crippen LogP contribution is -2.44. The Labute approximate surface area is 163 Å². The van der Waals surface area contributed by atoms with E-state index in [0.29, 0.717) is 25.2 Å². The molecule has 0 aliphatic carbocycles. The second-order valence-electron chi connectivity index (χ2n) is 7.63. The van der Waals surface area contributed by atoms with Crippen LogP contribution in [0.5, 0.6) is 0 Å². The van der Waals surface area contributed by atoms with E-state index in [9.17, 15) is 18.0 Å². The molecule has 1 aromatic carbocycles. The summed E-state index contributed by atoms with van der Waals surface area (Å²) in [4.78, 5) is 26.9. The molecular weight excluding hydrogens is 382 g/mol. The summed E-state index contributed by atoms with van der Waals surface area (Å²) in [6.45, 7) is 3.63. The van der Waals surface area contributed by atoms with E-state index in [4.69, 9.17) is 4.42 Å². The molecule has 28 heavy (non-hydrogen) atoms. The molecule has 152 valence electrons. The summed E-state index contributed by atoms with van der Waals surface area (Å²) in [6, 6.07) is 4.58. The normalized spacial score (nSPS) is 21.5. The lowest BCUT2D eigenvalue weighted by Gasteiger charge is -2.33. The molecule has 1 amide bonds. The zero-order valence-electron chi connectivity index (χ0n) is 16.0. The fraction of sp³-hybridized carbons (Fsp3) is 0.579. The van der Waals surface area contributed by atoms with Crippen molar-refractivity contribution < 1.29 is 17.6 Å². The fourth-order valence-corrected chi connectivity index (χ4v) is 5.66. The summed E-state index contributed by atoms with van der Waals surface area (Å²) >= 11 is 0. The molecule has 3 heterocycles. The number of hydrogen-bond acceptors (Lipinski definition) is 5. The Kier molecular flexibility index (Phi) is 5.05. The van der Waals surface area contributed by atoms with Crippen LogP contribution in [0, 0.1) is 0 Å². The minimum absolute atomic E-state index is 0.103. The molecule has 0 bridgehead atoms. The summed E-state index contributed by atoms with van der Waals surface area (Å²) in [5.74, 6) is -0.769. The van der Waals surface area contributed by atoms with Gasteiger partial charge in [0.15, 0.2) is 5.58 Å². The number of piperidine rings is 1. The number of rotatable bonds is 4. The minimum atomic E-state index is -3.59. The molecule has 8 nitrogen and oxygen atoms in total. The van der Waals surface area contributed by atoms with Crippen molar-refractivity contribution in [2.45, 2.75) is 56.5 Å². The third-order valence-corrected chi connectivity index (χ3v) is 7.65. The van der Waals surface area contributed by atoms with Gasteiger partial charge in [-0.25, -0.2) is 13.2 Å². The third-order valence-electron chi connectivity index (χ3n) is 5.76. The number of aromatic nitrogens is 1. The molecule has 0 spiro atoms. The number of amides is 1. The first-order valence-corrected chi connectivity index (χ1v) is 11.2. The van der Waals surface area contributed by atoms with E-state index in [2.05, 4.69) is 0 Å². The van der Waals surface area contributed by atoms with Crippen LogP contribution in [0.25, 0.3) is 11.1 Å². The Morgan fingerprint density at radius 2 is 1.86 bits per heavy atom. The topological polar surface area (TPSA) is 92.8 Å². The summed E-state index contributed by atoms with van der Waals surface area (Å²) in [5, 5.41) is 0. The van der Waals surface area contributed by atoms with Crippen LogP contribution >= 0.6 is 0 Å². The Bertz CT molecular complexity index is 1050. The smallest absolute Gasteiger partial charge is 0.408 e. The monoisotopic (exact) mass is 407 g/mol. The highest BCUT2D eigenvalue weighted by Gasteiger charge is 2.29. The van der Waals surface area contributed by atoms with E-state index in [1.54, 1.807) is 11.0 Å². The fourth-order valence-electron chi connectivity index (χ4n) is 4.13. The van der Waals surface area contributed by atoms with Gasteiger partial charge < -0.3 is 9.32 Å². The Morgan fingerprint density at radius 3 is 2.57 bits per heavy atom. The Hall–Kier alpha value is -2.13. The van der Waals surface area contributed by atoms with Crippen molar-refractivity contribution in [3.8, 4) is 0 Å². The molecular formula is C19H25N3O5S. The second-order valence-corrected chi connectivity index (χ2v) is 9.56. The van der Waals surface area contributed by atoms with Crippen LogP contribution in [-0.2, 0) is 21.4 Å². The van der Waals surface area contributed by atoms with E-state index in [-0.39, 0.29) is 29.0 Å².